The number of rotatable bonds is 4. The minimum absolute atomic E-state index is 0.377. The van der Waals surface area contributed by atoms with Crippen LogP contribution in [0.1, 0.15) is 25.7 Å². The summed E-state index contributed by atoms with van der Waals surface area (Å²) in [5, 5.41) is 2.06. The molecule has 0 saturated heterocycles. The van der Waals surface area contributed by atoms with Crippen LogP contribution in [0.4, 0.5) is 0 Å². The van der Waals surface area contributed by atoms with Gasteiger partial charge in [0.1, 0.15) is 5.78 Å². The number of thiophene rings is 1. The molecule has 1 heterocycles. The molecule has 1 fully saturated rings. The summed E-state index contributed by atoms with van der Waals surface area (Å²) in [5.41, 5.74) is 0. The van der Waals surface area contributed by atoms with E-state index in [9.17, 15) is 4.79 Å². The number of carbonyl (C=O) groups excluding carboxylic acids is 1. The molecule has 1 aliphatic rings. The van der Waals surface area contributed by atoms with Crippen molar-refractivity contribution in [3.63, 3.8) is 0 Å². The molecule has 76 valence electrons. The number of ketones is 1. The Bertz CT molecular complexity index is 286. The van der Waals surface area contributed by atoms with Crippen LogP contribution in [0.3, 0.4) is 0 Å². The van der Waals surface area contributed by atoms with E-state index in [1.807, 2.05) is 6.07 Å². The summed E-state index contributed by atoms with van der Waals surface area (Å²) in [7, 11) is 0. The Labute approximate surface area is 92.9 Å². The Hall–Kier alpha value is -0.280. The third-order valence-corrected chi connectivity index (χ3v) is 4.82. The number of carbonyl (C=O) groups is 1. The fraction of sp³-hybridized carbons (Fsp3) is 0.545. The van der Waals surface area contributed by atoms with Crippen molar-refractivity contribution >= 4 is 28.9 Å². The van der Waals surface area contributed by atoms with Gasteiger partial charge in [-0.1, -0.05) is 18.9 Å². The molecule has 1 aromatic heterocycles. The largest absolute Gasteiger partial charge is 0.298 e. The molecule has 0 amide bonds. The van der Waals surface area contributed by atoms with Gasteiger partial charge in [0.05, 0.1) is 9.96 Å². The van der Waals surface area contributed by atoms with Gasteiger partial charge >= 0.3 is 0 Å². The Morgan fingerprint density at radius 2 is 2.29 bits per heavy atom. The number of hydrogen-bond donors (Lipinski definition) is 0. The van der Waals surface area contributed by atoms with Crippen molar-refractivity contribution in [3.05, 3.63) is 17.5 Å². The van der Waals surface area contributed by atoms with Gasteiger partial charge in [-0.15, -0.1) is 23.1 Å². The van der Waals surface area contributed by atoms with Crippen LogP contribution >= 0.6 is 23.1 Å². The Morgan fingerprint density at radius 3 is 2.93 bits per heavy atom. The van der Waals surface area contributed by atoms with Crippen molar-refractivity contribution in [1.29, 1.82) is 0 Å². The highest BCUT2D eigenvalue weighted by Gasteiger charge is 2.22. The van der Waals surface area contributed by atoms with Crippen molar-refractivity contribution in [2.75, 3.05) is 5.75 Å². The summed E-state index contributed by atoms with van der Waals surface area (Å²) in [4.78, 5) is 11.7. The summed E-state index contributed by atoms with van der Waals surface area (Å²) in [6.45, 7) is 0. The van der Waals surface area contributed by atoms with Crippen LogP contribution in [0.15, 0.2) is 21.7 Å². The first kappa shape index (κ1) is 10.2. The Balaban J connectivity index is 1.77. The van der Waals surface area contributed by atoms with Gasteiger partial charge in [0.2, 0.25) is 0 Å². The zero-order valence-corrected chi connectivity index (χ0v) is 9.70. The highest BCUT2D eigenvalue weighted by atomic mass is 32.2. The normalized spacial score (nSPS) is 17.4. The van der Waals surface area contributed by atoms with E-state index in [-0.39, 0.29) is 0 Å². The quantitative estimate of drug-likeness (QED) is 0.730. The van der Waals surface area contributed by atoms with Crippen LogP contribution in [0.5, 0.6) is 0 Å². The van der Waals surface area contributed by atoms with Gasteiger partial charge < -0.3 is 0 Å². The molecule has 1 saturated carbocycles. The first-order chi connectivity index (χ1) is 6.86. The zero-order valence-electron chi connectivity index (χ0n) is 8.07. The Morgan fingerprint density at radius 1 is 1.50 bits per heavy atom. The average molecular weight is 226 g/mol. The molecule has 0 atom stereocenters. The number of hydrogen-bond acceptors (Lipinski definition) is 3. The summed E-state index contributed by atoms with van der Waals surface area (Å²) in [6, 6.07) is 4.12. The molecule has 0 N–H and O–H groups in total. The highest BCUT2D eigenvalue weighted by Crippen LogP contribution is 2.29. The lowest BCUT2D eigenvalue weighted by Crippen LogP contribution is -2.12. The van der Waals surface area contributed by atoms with Crippen molar-refractivity contribution in [3.8, 4) is 0 Å². The van der Waals surface area contributed by atoms with Crippen LogP contribution in [0.2, 0.25) is 0 Å². The van der Waals surface area contributed by atoms with E-state index < -0.39 is 0 Å². The molecule has 1 aromatic rings. The smallest absolute Gasteiger partial charge is 0.146 e. The van der Waals surface area contributed by atoms with Gasteiger partial charge in [-0.3, -0.25) is 4.79 Å². The van der Waals surface area contributed by atoms with Crippen molar-refractivity contribution in [1.82, 2.24) is 0 Å². The van der Waals surface area contributed by atoms with E-state index in [1.54, 1.807) is 23.1 Å². The van der Waals surface area contributed by atoms with Crippen LogP contribution in [0, 0.1) is 5.92 Å². The van der Waals surface area contributed by atoms with Crippen LogP contribution in [-0.2, 0) is 4.79 Å². The van der Waals surface area contributed by atoms with Crippen LogP contribution in [0.25, 0.3) is 0 Å². The summed E-state index contributed by atoms with van der Waals surface area (Å²) < 4.78 is 1.26. The lowest BCUT2D eigenvalue weighted by Gasteiger charge is -2.05. The monoisotopic (exact) mass is 226 g/mol. The van der Waals surface area contributed by atoms with Crippen LogP contribution < -0.4 is 0 Å². The molecular weight excluding hydrogens is 212 g/mol. The molecule has 0 spiro atoms. The highest BCUT2D eigenvalue weighted by molar-refractivity contribution is 8.01. The van der Waals surface area contributed by atoms with Crippen molar-refractivity contribution in [2.45, 2.75) is 29.9 Å². The summed E-state index contributed by atoms with van der Waals surface area (Å²) in [6.07, 6.45) is 4.76. The minimum atomic E-state index is 0.377. The minimum Gasteiger partial charge on any atom is -0.298 e. The second kappa shape index (κ2) is 4.99. The van der Waals surface area contributed by atoms with E-state index in [1.165, 1.54) is 17.1 Å². The molecule has 0 bridgehead atoms. The molecule has 2 rings (SSSR count). The van der Waals surface area contributed by atoms with E-state index in [2.05, 4.69) is 11.4 Å². The van der Waals surface area contributed by atoms with Gasteiger partial charge in [-0.05, 0) is 24.3 Å². The van der Waals surface area contributed by atoms with E-state index in [0.29, 0.717) is 17.5 Å². The first-order valence-corrected chi connectivity index (χ1v) is 6.92. The maximum Gasteiger partial charge on any atom is 0.146 e. The second-order valence-corrected chi connectivity index (χ2v) is 5.89. The lowest BCUT2D eigenvalue weighted by molar-refractivity contribution is -0.120. The molecule has 1 aliphatic carbocycles. The first-order valence-electron chi connectivity index (χ1n) is 5.05. The number of Topliss-reactive ketones (excluding diaryl/α,β-unsaturated/α-hetero) is 1. The average Bonchev–Trinajstić information content (AvgIpc) is 2.87. The summed E-state index contributed by atoms with van der Waals surface area (Å²) in [5.74, 6) is 1.51. The van der Waals surface area contributed by atoms with Gasteiger partial charge in [0, 0.05) is 5.92 Å². The van der Waals surface area contributed by atoms with Crippen molar-refractivity contribution in [2.24, 2.45) is 5.92 Å². The van der Waals surface area contributed by atoms with Gasteiger partial charge in [-0.25, -0.2) is 0 Å². The molecule has 14 heavy (non-hydrogen) atoms. The standard InChI is InChI=1S/C11H14OS2/c12-10(9-4-1-2-5-9)8-14-11-6-3-7-13-11/h3,6-7,9H,1-2,4-5,8H2. The molecule has 1 nitrogen and oxygen atoms in total. The molecular formula is C11H14OS2. The maximum absolute atomic E-state index is 11.7. The fourth-order valence-corrected chi connectivity index (χ4v) is 3.61. The molecule has 0 radical (unpaired) electrons. The predicted molar refractivity (Wildman–Crippen MR) is 62.0 cm³/mol. The topological polar surface area (TPSA) is 17.1 Å². The molecule has 0 aliphatic heterocycles. The fourth-order valence-electron chi connectivity index (χ4n) is 1.85. The number of thioether (sulfide) groups is 1. The van der Waals surface area contributed by atoms with Crippen LogP contribution in [-0.4, -0.2) is 11.5 Å². The van der Waals surface area contributed by atoms with Crippen molar-refractivity contribution < 1.29 is 4.79 Å². The molecule has 3 heteroatoms. The summed E-state index contributed by atoms with van der Waals surface area (Å²) >= 11 is 3.41. The van der Waals surface area contributed by atoms with Gasteiger partial charge in [0.15, 0.2) is 0 Å². The van der Waals surface area contributed by atoms with E-state index in [0.717, 1.165) is 12.8 Å². The third kappa shape index (κ3) is 2.61. The maximum atomic E-state index is 11.7. The third-order valence-electron chi connectivity index (χ3n) is 2.66. The lowest BCUT2D eigenvalue weighted by atomic mass is 10.0. The zero-order chi connectivity index (χ0) is 9.80. The molecule has 0 aromatic carbocycles. The SMILES string of the molecule is O=C(CSc1cccs1)C1CCCC1. The predicted octanol–water partition coefficient (Wildman–Crippen LogP) is 3.60. The Kier molecular flexibility index (Phi) is 3.65. The van der Waals surface area contributed by atoms with Gasteiger partial charge in [-0.2, -0.15) is 0 Å². The molecule has 0 unspecified atom stereocenters. The van der Waals surface area contributed by atoms with E-state index >= 15 is 0 Å². The van der Waals surface area contributed by atoms with E-state index in [4.69, 9.17) is 0 Å². The second-order valence-electron chi connectivity index (χ2n) is 3.67. The van der Waals surface area contributed by atoms with Gasteiger partial charge in [0.25, 0.3) is 0 Å².